The van der Waals surface area contributed by atoms with Gasteiger partial charge in [0, 0.05) is 93.6 Å². The van der Waals surface area contributed by atoms with Crippen molar-refractivity contribution in [3.05, 3.63) is 52.5 Å². The first-order valence-corrected chi connectivity index (χ1v) is 29.6. The minimum Gasteiger partial charge on any atom is -0.394 e. The average molecular weight is 1130 g/mol. The number of hydrogen-bond donors (Lipinski definition) is 6. The summed E-state index contributed by atoms with van der Waals surface area (Å²) in [6, 6.07) is 0.232. The van der Waals surface area contributed by atoms with E-state index in [9.17, 15) is 60.9 Å². The number of allylic oxidation sites excluding steroid dienone is 2. The Hall–Kier alpha value is -5.08. The molecule has 0 bridgehead atoms. The summed E-state index contributed by atoms with van der Waals surface area (Å²) in [5.41, 5.74) is 3.17. The second-order valence-corrected chi connectivity index (χ2v) is 23.4. The molecule has 6 N–H and O–H groups in total. The van der Waals surface area contributed by atoms with Gasteiger partial charge in [-0.2, -0.15) is 8.42 Å². The Morgan fingerprint density at radius 2 is 1.51 bits per heavy atom. The highest BCUT2D eigenvalue weighted by molar-refractivity contribution is 7.85. The number of fused-ring (bicyclic) bond motifs is 2. The van der Waals surface area contributed by atoms with E-state index in [0.29, 0.717) is 72.1 Å². The molecule has 0 aromatic carbocycles. The van der Waals surface area contributed by atoms with E-state index in [0.717, 1.165) is 27.9 Å². The zero-order valence-corrected chi connectivity index (χ0v) is 46.6. The first-order valence-electron chi connectivity index (χ1n) is 26.4. The number of quaternary nitrogens is 1. The van der Waals surface area contributed by atoms with Gasteiger partial charge in [-0.15, -0.1) is 0 Å². The summed E-state index contributed by atoms with van der Waals surface area (Å²) < 4.78 is 92.0. The Morgan fingerprint density at radius 1 is 0.831 bits per heavy atom. The maximum absolute atomic E-state index is 17.1. The normalized spacial score (nSPS) is 16.0. The van der Waals surface area contributed by atoms with E-state index in [1.807, 2.05) is 47.1 Å². The topological polar surface area (TPSA) is 297 Å². The number of ketones is 2. The molecule has 0 fully saturated rings. The molecule has 27 heteroatoms. The molecule has 3 aliphatic heterocycles. The van der Waals surface area contributed by atoms with Gasteiger partial charge in [-0.1, -0.05) is 33.1 Å². The number of unbranched alkanes of at least 4 members (excludes halogenated alkanes) is 3. The van der Waals surface area contributed by atoms with E-state index in [-0.39, 0.29) is 95.8 Å². The molecule has 0 saturated heterocycles. The van der Waals surface area contributed by atoms with Crippen molar-refractivity contribution in [1.82, 2.24) is 25.3 Å². The summed E-state index contributed by atoms with van der Waals surface area (Å²) in [7, 11) is -3.66. The third kappa shape index (κ3) is 21.2. The van der Waals surface area contributed by atoms with Crippen LogP contribution in [-0.2, 0) is 70.3 Å². The van der Waals surface area contributed by atoms with Gasteiger partial charge in [-0.25, -0.2) is 4.57 Å². The molecule has 3 aliphatic rings. The minimum absolute atomic E-state index is 0.0764. The Kier molecular flexibility index (Phi) is 24.9. The number of hydrogen-bond acceptors (Lipinski definition) is 12. The van der Waals surface area contributed by atoms with Crippen molar-refractivity contribution in [3.8, 4) is 0 Å². The third-order valence-electron chi connectivity index (χ3n) is 13.1. The minimum atomic E-state index is -5.01. The summed E-state index contributed by atoms with van der Waals surface area (Å²) in [6.07, 6.45) is 9.66. The van der Waals surface area contributed by atoms with Crippen LogP contribution in [0.1, 0.15) is 127 Å². The van der Waals surface area contributed by atoms with Crippen LogP contribution in [0.5, 0.6) is 0 Å². The van der Waals surface area contributed by atoms with Gasteiger partial charge in [0.15, 0.2) is 11.5 Å². The van der Waals surface area contributed by atoms with E-state index in [1.165, 1.54) is 16.6 Å². The predicted molar refractivity (Wildman–Crippen MR) is 283 cm³/mol. The number of aryl methyl sites for hydroxylation is 2. The van der Waals surface area contributed by atoms with Gasteiger partial charge in [0.1, 0.15) is 23.3 Å². The van der Waals surface area contributed by atoms with Gasteiger partial charge in [0.25, 0.3) is 21.9 Å². The number of carbonyl (C=O) groups is 7. The van der Waals surface area contributed by atoms with E-state index in [2.05, 4.69) is 20.5 Å². The van der Waals surface area contributed by atoms with Crippen LogP contribution in [0.25, 0.3) is 6.08 Å². The predicted octanol–water partition coefficient (Wildman–Crippen LogP) is 3.55. The number of amides is 5. The standard InChI is InChI=1S/C50H77BF2N7O15PS/c1-6-14-36-30-39(16-13-27-60(3,4)5)58-43(36)33-44-37(15-7-2)31-40(59(44)51(58,52)53)20-21-47(64)56-42(35-77(71,72)73)45(62)18-10-8-9-17-41(61)32-38(34-75-76(68,69)70)50(67)55-24-12-11-19-46(63)54-25-28-74-29-26-57-48(65)22-23-49(57)66/h22-23,30-31,33,38,42H,6-21,24-29,32,34-35H2,1-5H3,(H5-,54,55,56,63,64,67,68,69,70,71,72,73)/p+1. The maximum Gasteiger partial charge on any atom is 0.737 e. The molecular formula is C50H78BF2N7O15PS+. The number of nitrogens with zero attached hydrogens (tertiary/aromatic N) is 4. The fraction of sp³-hybridized carbons (Fsp3) is 0.640. The van der Waals surface area contributed by atoms with Crippen molar-refractivity contribution in [1.29, 1.82) is 0 Å². The van der Waals surface area contributed by atoms with Gasteiger partial charge in [-0.05, 0) is 62.3 Å². The molecule has 22 nitrogen and oxygen atoms in total. The highest BCUT2D eigenvalue weighted by Gasteiger charge is 2.54. The van der Waals surface area contributed by atoms with Crippen LogP contribution in [0.15, 0.2) is 35.6 Å². The number of halogens is 2. The SMILES string of the molecule is CCCC1=CC(CCC(=O)NC(CS(=O)(=O)O)C(=O)CCCCCC(=O)CC(COP(=O)(O)O)C(=O)NCCCCC(=O)NCCOCCN2C(=O)C=CC2=O)=[N+]2C1=Cc1c(CCC)cc(CCC[N+](C)(C)C)n1[B-]2(F)F. The lowest BCUT2D eigenvalue weighted by Gasteiger charge is -2.32. The number of imide groups is 1. The molecule has 4 rings (SSSR count). The first kappa shape index (κ1) is 64.5. The Bertz CT molecular complexity index is 2590. The zero-order chi connectivity index (χ0) is 57.1. The van der Waals surface area contributed by atoms with Crippen LogP contribution < -0.4 is 16.0 Å². The summed E-state index contributed by atoms with van der Waals surface area (Å²) in [6.45, 7) is 0.158. The van der Waals surface area contributed by atoms with Crippen LogP contribution in [0.2, 0.25) is 0 Å². The first-order chi connectivity index (χ1) is 36.1. The number of nitrogens with one attached hydrogen (secondary N) is 3. The molecule has 1 aromatic heterocycles. The maximum atomic E-state index is 17.1. The van der Waals surface area contributed by atoms with Gasteiger partial charge in [0.05, 0.1) is 60.0 Å². The molecule has 5 amide bonds. The molecular weight excluding hydrogens is 1050 g/mol. The lowest BCUT2D eigenvalue weighted by molar-refractivity contribution is -0.870. The third-order valence-corrected chi connectivity index (χ3v) is 14.3. The summed E-state index contributed by atoms with van der Waals surface area (Å²) in [4.78, 5) is 108. The Balaban J connectivity index is 1.25. The average Bonchev–Trinajstić information content (AvgIpc) is 3.98. The van der Waals surface area contributed by atoms with E-state index >= 15 is 8.63 Å². The number of ether oxygens (including phenoxy) is 1. The molecule has 0 saturated carbocycles. The van der Waals surface area contributed by atoms with Gasteiger partial charge >= 0.3 is 14.8 Å². The van der Waals surface area contributed by atoms with Crippen LogP contribution in [-0.4, -0.2) is 174 Å². The molecule has 430 valence electrons. The second kappa shape index (κ2) is 29.8. The van der Waals surface area contributed by atoms with E-state index in [1.54, 1.807) is 6.08 Å². The second-order valence-electron chi connectivity index (χ2n) is 20.7. The molecule has 0 aliphatic carbocycles. The van der Waals surface area contributed by atoms with Crippen LogP contribution in [0.4, 0.5) is 8.63 Å². The monoisotopic (exact) mass is 1130 g/mol. The number of rotatable bonds is 38. The number of carbonyl (C=O) groups excluding carboxylic acids is 7. The lowest BCUT2D eigenvalue weighted by atomic mass is 9.88. The molecule has 77 heavy (non-hydrogen) atoms. The summed E-state index contributed by atoms with van der Waals surface area (Å²) in [5.74, 6) is -6.20. The smallest absolute Gasteiger partial charge is 0.394 e. The molecule has 2 unspecified atom stereocenters. The summed E-state index contributed by atoms with van der Waals surface area (Å²) in [5, 5.41) is 7.63. The zero-order valence-electron chi connectivity index (χ0n) is 44.9. The molecule has 2 atom stereocenters. The van der Waals surface area contributed by atoms with Gasteiger partial charge < -0.3 is 52.6 Å². The van der Waals surface area contributed by atoms with Crippen molar-refractivity contribution in [3.63, 3.8) is 0 Å². The van der Waals surface area contributed by atoms with Crippen LogP contribution >= 0.6 is 7.82 Å². The largest absolute Gasteiger partial charge is 0.737 e. The van der Waals surface area contributed by atoms with E-state index in [4.69, 9.17) is 4.74 Å². The van der Waals surface area contributed by atoms with Crippen LogP contribution in [0, 0.1) is 5.92 Å². The van der Waals surface area contributed by atoms with Crippen molar-refractivity contribution >= 4 is 77.8 Å². The van der Waals surface area contributed by atoms with Crippen molar-refractivity contribution in [2.24, 2.45) is 5.92 Å². The fourth-order valence-corrected chi connectivity index (χ4v) is 10.5. The highest BCUT2D eigenvalue weighted by Crippen LogP contribution is 2.40. The summed E-state index contributed by atoms with van der Waals surface area (Å²) >= 11 is 0. The molecule has 0 radical (unpaired) electrons. The van der Waals surface area contributed by atoms with Crippen LogP contribution in [0.3, 0.4) is 0 Å². The van der Waals surface area contributed by atoms with Crippen molar-refractivity contribution in [2.45, 2.75) is 129 Å². The number of phosphoric ester groups is 1. The number of aromatic nitrogens is 1. The number of Topliss-reactive ketones (excluding diaryl/α,β-unsaturated/α-hetero) is 2. The Morgan fingerprint density at radius 3 is 2.16 bits per heavy atom. The molecule has 1 aromatic rings. The molecule has 4 heterocycles. The van der Waals surface area contributed by atoms with Crippen molar-refractivity contribution in [2.75, 3.05) is 72.9 Å². The Labute approximate surface area is 449 Å². The van der Waals surface area contributed by atoms with Gasteiger partial charge in [-0.3, -0.25) is 47.5 Å². The van der Waals surface area contributed by atoms with E-state index < -0.39 is 90.8 Å². The lowest BCUT2D eigenvalue weighted by Crippen LogP contribution is -2.51. The van der Waals surface area contributed by atoms with Gasteiger partial charge in [0.2, 0.25) is 17.7 Å². The quantitative estimate of drug-likeness (QED) is 0.0138. The fourth-order valence-electron chi connectivity index (χ4n) is 9.39. The molecule has 0 spiro atoms. The van der Waals surface area contributed by atoms with Crippen molar-refractivity contribution < 1.29 is 87.7 Å². The number of phosphoric acid groups is 1. The highest BCUT2D eigenvalue weighted by atomic mass is 32.2.